The molecule has 0 aliphatic heterocycles. The molecule has 0 radical (unpaired) electrons. The maximum atomic E-state index is 4.45. The molecule has 2 aromatic rings. The Morgan fingerprint density at radius 1 is 1.20 bits per heavy atom. The summed E-state index contributed by atoms with van der Waals surface area (Å²) in [6, 6.07) is 8.62. The minimum absolute atomic E-state index is 0.230. The maximum absolute atomic E-state index is 4.45. The van der Waals surface area contributed by atoms with Gasteiger partial charge in [0.25, 0.3) is 0 Å². The number of nitrogens with one attached hydrogen (secondary N) is 1. The Labute approximate surface area is 128 Å². The second-order valence-electron chi connectivity index (χ2n) is 5.28. The van der Waals surface area contributed by atoms with Crippen LogP contribution in [0.2, 0.25) is 0 Å². The molecule has 1 atom stereocenters. The first-order chi connectivity index (χ1) is 9.74. The highest BCUT2D eigenvalue weighted by atomic mass is 79.9. The first kappa shape index (κ1) is 13.6. The molecule has 0 amide bonds. The summed E-state index contributed by atoms with van der Waals surface area (Å²) in [7, 11) is 0. The second kappa shape index (κ2) is 5.92. The van der Waals surface area contributed by atoms with Crippen molar-refractivity contribution in [2.75, 3.05) is 5.32 Å². The highest BCUT2D eigenvalue weighted by molar-refractivity contribution is 9.10. The molecule has 3 nitrogen and oxygen atoms in total. The minimum Gasteiger partial charge on any atom is -0.363 e. The molecule has 0 spiro atoms. The Kier molecular flexibility index (Phi) is 4.01. The van der Waals surface area contributed by atoms with Gasteiger partial charge in [0.1, 0.15) is 12.1 Å². The van der Waals surface area contributed by atoms with Gasteiger partial charge in [-0.25, -0.2) is 9.97 Å². The van der Waals surface area contributed by atoms with Crippen LogP contribution in [0.1, 0.15) is 42.6 Å². The molecule has 1 aliphatic rings. The van der Waals surface area contributed by atoms with E-state index in [1.807, 2.05) is 6.07 Å². The maximum Gasteiger partial charge on any atom is 0.133 e. The third kappa shape index (κ3) is 2.85. The average Bonchev–Trinajstić information content (AvgIpc) is 2.47. The van der Waals surface area contributed by atoms with Crippen LogP contribution in [0.3, 0.4) is 0 Å². The molecule has 1 aromatic carbocycles. The fraction of sp³-hybridized carbons (Fsp3) is 0.375. The van der Waals surface area contributed by atoms with Crippen LogP contribution in [0.25, 0.3) is 0 Å². The summed E-state index contributed by atoms with van der Waals surface area (Å²) in [5.41, 5.74) is 3.78. The molecule has 0 saturated heterocycles. The van der Waals surface area contributed by atoms with Crippen molar-refractivity contribution in [3.8, 4) is 0 Å². The average molecular weight is 332 g/mol. The number of fused-ring (bicyclic) bond motifs is 1. The van der Waals surface area contributed by atoms with Gasteiger partial charge in [0.2, 0.25) is 0 Å². The van der Waals surface area contributed by atoms with Crippen molar-refractivity contribution in [1.82, 2.24) is 9.97 Å². The summed E-state index contributed by atoms with van der Waals surface area (Å²) < 4.78 is 1.10. The van der Waals surface area contributed by atoms with E-state index >= 15 is 0 Å². The van der Waals surface area contributed by atoms with Crippen LogP contribution in [0, 0.1) is 0 Å². The summed E-state index contributed by atoms with van der Waals surface area (Å²) in [6.45, 7) is 2.17. The van der Waals surface area contributed by atoms with Gasteiger partial charge in [-0.05, 0) is 50.3 Å². The number of nitrogens with zero attached hydrogens (tertiary/aromatic N) is 2. The molecule has 1 aliphatic carbocycles. The molecular formula is C16H18BrN3. The van der Waals surface area contributed by atoms with Gasteiger partial charge in [0, 0.05) is 21.8 Å². The lowest BCUT2D eigenvalue weighted by molar-refractivity contribution is 0.661. The quantitative estimate of drug-likeness (QED) is 0.911. The summed E-state index contributed by atoms with van der Waals surface area (Å²) in [4.78, 5) is 8.86. The van der Waals surface area contributed by atoms with Crippen molar-refractivity contribution in [3.63, 3.8) is 0 Å². The molecule has 0 saturated carbocycles. The van der Waals surface area contributed by atoms with Crippen LogP contribution in [-0.4, -0.2) is 9.97 Å². The molecule has 1 unspecified atom stereocenters. The van der Waals surface area contributed by atoms with Crippen molar-refractivity contribution in [3.05, 3.63) is 51.9 Å². The summed E-state index contributed by atoms with van der Waals surface area (Å²) in [5, 5.41) is 3.54. The number of aryl methyl sites for hydroxylation is 1. The fourth-order valence-electron chi connectivity index (χ4n) is 2.71. The molecule has 1 N–H and O–H groups in total. The van der Waals surface area contributed by atoms with Crippen molar-refractivity contribution in [2.24, 2.45) is 0 Å². The van der Waals surface area contributed by atoms with Crippen LogP contribution in [0.4, 0.5) is 5.82 Å². The molecule has 0 fully saturated rings. The van der Waals surface area contributed by atoms with Gasteiger partial charge in [0.05, 0.1) is 0 Å². The largest absolute Gasteiger partial charge is 0.363 e. The third-order valence-electron chi connectivity index (χ3n) is 3.83. The van der Waals surface area contributed by atoms with E-state index in [4.69, 9.17) is 0 Å². The molecule has 0 bridgehead atoms. The van der Waals surface area contributed by atoms with Crippen molar-refractivity contribution in [1.29, 1.82) is 0 Å². The van der Waals surface area contributed by atoms with E-state index in [1.165, 1.54) is 29.7 Å². The number of anilines is 1. The number of halogens is 1. The molecule has 4 heteroatoms. The predicted molar refractivity (Wildman–Crippen MR) is 84.9 cm³/mol. The Hall–Kier alpha value is -1.42. The van der Waals surface area contributed by atoms with Crippen molar-refractivity contribution < 1.29 is 0 Å². The monoisotopic (exact) mass is 331 g/mol. The molecular weight excluding hydrogens is 314 g/mol. The number of benzene rings is 1. The van der Waals surface area contributed by atoms with Crippen LogP contribution in [-0.2, 0) is 12.8 Å². The van der Waals surface area contributed by atoms with E-state index in [2.05, 4.69) is 56.3 Å². The zero-order valence-electron chi connectivity index (χ0n) is 11.6. The van der Waals surface area contributed by atoms with Gasteiger partial charge in [-0.2, -0.15) is 0 Å². The zero-order chi connectivity index (χ0) is 13.9. The smallest absolute Gasteiger partial charge is 0.133 e. The topological polar surface area (TPSA) is 37.8 Å². The first-order valence-corrected chi connectivity index (χ1v) is 7.88. The van der Waals surface area contributed by atoms with Crippen LogP contribution in [0.15, 0.2) is 35.1 Å². The van der Waals surface area contributed by atoms with Crippen LogP contribution in [0.5, 0.6) is 0 Å². The second-order valence-corrected chi connectivity index (χ2v) is 6.19. The van der Waals surface area contributed by atoms with Crippen molar-refractivity contribution >= 4 is 21.7 Å². The lowest BCUT2D eigenvalue weighted by atomic mass is 9.96. The normalized spacial score (nSPS) is 15.5. The summed E-state index contributed by atoms with van der Waals surface area (Å²) in [6.07, 6.45) is 6.33. The van der Waals surface area contributed by atoms with E-state index in [9.17, 15) is 0 Å². The van der Waals surface area contributed by atoms with E-state index < -0.39 is 0 Å². The van der Waals surface area contributed by atoms with Crippen molar-refractivity contribution in [2.45, 2.75) is 38.6 Å². The highest BCUT2D eigenvalue weighted by Crippen LogP contribution is 2.27. The van der Waals surface area contributed by atoms with E-state index in [0.717, 1.165) is 23.1 Å². The Balaban J connectivity index is 1.84. The summed E-state index contributed by atoms with van der Waals surface area (Å²) >= 11 is 3.52. The fourth-order valence-corrected chi connectivity index (χ4v) is 3.13. The van der Waals surface area contributed by atoms with Gasteiger partial charge in [-0.3, -0.25) is 0 Å². The lowest BCUT2D eigenvalue weighted by Gasteiger charge is -2.21. The highest BCUT2D eigenvalue weighted by Gasteiger charge is 2.17. The van der Waals surface area contributed by atoms with Crippen LogP contribution < -0.4 is 5.32 Å². The van der Waals surface area contributed by atoms with Gasteiger partial charge in [0.15, 0.2) is 0 Å². The minimum atomic E-state index is 0.230. The molecule has 20 heavy (non-hydrogen) atoms. The molecule has 1 heterocycles. The van der Waals surface area contributed by atoms with Crippen LogP contribution >= 0.6 is 15.9 Å². The van der Waals surface area contributed by atoms with E-state index in [0.29, 0.717) is 0 Å². The SMILES string of the molecule is CC(Nc1ncnc2c1CCCC2)c1cccc(Br)c1. The third-order valence-corrected chi connectivity index (χ3v) is 4.32. The number of aromatic nitrogens is 2. The van der Waals surface area contributed by atoms with Gasteiger partial charge < -0.3 is 5.32 Å². The molecule has 1 aromatic heterocycles. The van der Waals surface area contributed by atoms with Gasteiger partial charge in [-0.1, -0.05) is 28.1 Å². The summed E-state index contributed by atoms with van der Waals surface area (Å²) in [5.74, 6) is 1.00. The number of rotatable bonds is 3. The standard InChI is InChI=1S/C16H18BrN3/c1-11(12-5-4-6-13(17)9-12)20-16-14-7-2-3-8-15(14)18-10-19-16/h4-6,9-11H,2-3,7-8H2,1H3,(H,18,19,20). The zero-order valence-corrected chi connectivity index (χ0v) is 13.2. The molecule has 3 rings (SSSR count). The number of hydrogen-bond donors (Lipinski definition) is 1. The van der Waals surface area contributed by atoms with Gasteiger partial charge in [-0.15, -0.1) is 0 Å². The number of hydrogen-bond acceptors (Lipinski definition) is 3. The lowest BCUT2D eigenvalue weighted by Crippen LogP contribution is -2.14. The van der Waals surface area contributed by atoms with E-state index in [-0.39, 0.29) is 6.04 Å². The Morgan fingerprint density at radius 2 is 2.05 bits per heavy atom. The predicted octanol–water partition coefficient (Wildman–Crippen LogP) is 4.29. The molecule has 104 valence electrons. The van der Waals surface area contributed by atoms with Gasteiger partial charge >= 0.3 is 0 Å². The Morgan fingerprint density at radius 3 is 2.90 bits per heavy atom. The first-order valence-electron chi connectivity index (χ1n) is 7.09. The van der Waals surface area contributed by atoms with E-state index in [1.54, 1.807) is 6.33 Å². The Bertz CT molecular complexity index is 612.